The number of aromatic nitrogens is 1. The first-order valence-corrected chi connectivity index (χ1v) is 8.40. The van der Waals surface area contributed by atoms with Gasteiger partial charge in [0, 0.05) is 19.2 Å². The van der Waals surface area contributed by atoms with Crippen molar-refractivity contribution in [3.8, 4) is 0 Å². The largest absolute Gasteiger partial charge is 0.452 e. The highest BCUT2D eigenvalue weighted by Crippen LogP contribution is 2.19. The number of rotatable bonds is 5. The van der Waals surface area contributed by atoms with Crippen molar-refractivity contribution in [2.45, 2.75) is 6.54 Å². The van der Waals surface area contributed by atoms with Crippen LogP contribution in [0.5, 0.6) is 0 Å². The SMILES string of the molecule is CN(Cc1ccccc1F)C(=O)COC(=O)c1ccc2ncsc2c1. The highest BCUT2D eigenvalue weighted by molar-refractivity contribution is 7.16. The first-order chi connectivity index (χ1) is 12.0. The number of ether oxygens (including phenoxy) is 1. The molecule has 0 aliphatic heterocycles. The van der Waals surface area contributed by atoms with Crippen LogP contribution in [0.25, 0.3) is 10.2 Å². The van der Waals surface area contributed by atoms with Crippen molar-refractivity contribution in [3.05, 3.63) is 64.9 Å². The van der Waals surface area contributed by atoms with E-state index in [2.05, 4.69) is 4.98 Å². The number of likely N-dealkylation sites (N-methyl/N-ethyl adjacent to an activating group) is 1. The van der Waals surface area contributed by atoms with Gasteiger partial charge in [0.05, 0.1) is 21.3 Å². The topological polar surface area (TPSA) is 59.5 Å². The lowest BCUT2D eigenvalue weighted by Gasteiger charge is -2.17. The molecule has 2 aromatic carbocycles. The second-order valence-corrected chi connectivity index (χ2v) is 6.34. The van der Waals surface area contributed by atoms with Crippen molar-refractivity contribution in [2.75, 3.05) is 13.7 Å². The summed E-state index contributed by atoms with van der Waals surface area (Å²) in [6.07, 6.45) is 0. The molecule has 128 valence electrons. The van der Waals surface area contributed by atoms with Crippen molar-refractivity contribution in [2.24, 2.45) is 0 Å². The molecule has 0 saturated heterocycles. The minimum absolute atomic E-state index is 0.107. The number of carbonyl (C=O) groups is 2. The van der Waals surface area contributed by atoms with Crippen LogP contribution in [0.2, 0.25) is 0 Å². The van der Waals surface area contributed by atoms with Crippen molar-refractivity contribution < 1.29 is 18.7 Å². The van der Waals surface area contributed by atoms with Crippen LogP contribution in [-0.2, 0) is 16.1 Å². The van der Waals surface area contributed by atoms with Crippen LogP contribution in [0.15, 0.2) is 48.0 Å². The van der Waals surface area contributed by atoms with Gasteiger partial charge < -0.3 is 9.64 Å². The molecule has 0 atom stereocenters. The normalized spacial score (nSPS) is 10.6. The van der Waals surface area contributed by atoms with Crippen molar-refractivity contribution in [1.29, 1.82) is 0 Å². The number of fused-ring (bicyclic) bond motifs is 1. The molecule has 0 unspecified atom stereocenters. The molecule has 1 amide bonds. The second kappa shape index (κ2) is 7.40. The molecule has 0 N–H and O–H groups in total. The van der Waals surface area contributed by atoms with E-state index in [1.165, 1.54) is 29.4 Å². The highest BCUT2D eigenvalue weighted by atomic mass is 32.1. The molecule has 0 aliphatic carbocycles. The zero-order valence-electron chi connectivity index (χ0n) is 13.4. The first kappa shape index (κ1) is 17.0. The van der Waals surface area contributed by atoms with Gasteiger partial charge in [-0.05, 0) is 24.3 Å². The zero-order valence-corrected chi connectivity index (χ0v) is 14.3. The van der Waals surface area contributed by atoms with Crippen molar-refractivity contribution in [1.82, 2.24) is 9.88 Å². The molecule has 0 fully saturated rings. The molecule has 0 bridgehead atoms. The van der Waals surface area contributed by atoms with Gasteiger partial charge in [-0.1, -0.05) is 18.2 Å². The lowest BCUT2D eigenvalue weighted by atomic mass is 10.2. The van der Waals surface area contributed by atoms with E-state index in [0.717, 1.165) is 10.2 Å². The van der Waals surface area contributed by atoms with E-state index in [-0.39, 0.29) is 12.4 Å². The van der Waals surface area contributed by atoms with Crippen LogP contribution in [0.1, 0.15) is 15.9 Å². The third kappa shape index (κ3) is 4.00. The van der Waals surface area contributed by atoms with Crippen molar-refractivity contribution >= 4 is 33.4 Å². The number of thiazole rings is 1. The van der Waals surface area contributed by atoms with Gasteiger partial charge in [-0.3, -0.25) is 4.79 Å². The average Bonchev–Trinajstić information content (AvgIpc) is 3.08. The Bertz CT molecular complexity index is 925. The van der Waals surface area contributed by atoms with E-state index >= 15 is 0 Å². The van der Waals surface area contributed by atoms with E-state index in [0.29, 0.717) is 11.1 Å². The summed E-state index contributed by atoms with van der Waals surface area (Å²) in [6, 6.07) is 11.3. The summed E-state index contributed by atoms with van der Waals surface area (Å²) in [6.45, 7) is -0.291. The molecule has 3 rings (SSSR count). The van der Waals surface area contributed by atoms with Crippen LogP contribution in [0, 0.1) is 5.82 Å². The second-order valence-electron chi connectivity index (χ2n) is 5.45. The van der Waals surface area contributed by atoms with E-state index in [4.69, 9.17) is 4.74 Å². The summed E-state index contributed by atoms with van der Waals surface area (Å²) in [7, 11) is 1.53. The molecule has 0 aliphatic rings. The number of hydrogen-bond acceptors (Lipinski definition) is 5. The number of nitrogens with zero attached hydrogens (tertiary/aromatic N) is 2. The Morgan fingerprint density at radius 1 is 1.24 bits per heavy atom. The fraction of sp³-hybridized carbons (Fsp3) is 0.167. The van der Waals surface area contributed by atoms with Gasteiger partial charge in [-0.2, -0.15) is 0 Å². The summed E-state index contributed by atoms with van der Waals surface area (Å²) < 4.78 is 19.6. The Morgan fingerprint density at radius 3 is 2.84 bits per heavy atom. The van der Waals surface area contributed by atoms with Gasteiger partial charge in [0.1, 0.15) is 5.82 Å². The standard InChI is InChI=1S/C18H15FN2O3S/c1-21(9-13-4-2-3-5-14(13)19)17(22)10-24-18(23)12-6-7-15-16(8-12)25-11-20-15/h2-8,11H,9-10H2,1H3. The number of carbonyl (C=O) groups excluding carboxylic acids is 2. The van der Waals surface area contributed by atoms with Crippen molar-refractivity contribution in [3.63, 3.8) is 0 Å². The molecule has 1 heterocycles. The molecule has 5 nitrogen and oxygen atoms in total. The molecular weight excluding hydrogens is 343 g/mol. The maximum atomic E-state index is 13.6. The average molecular weight is 358 g/mol. The quantitative estimate of drug-likeness (QED) is 0.657. The predicted octanol–water partition coefficient (Wildman–Crippen LogP) is 3.25. The lowest BCUT2D eigenvalue weighted by Crippen LogP contribution is -2.31. The third-order valence-corrected chi connectivity index (χ3v) is 4.48. The summed E-state index contributed by atoms with van der Waals surface area (Å²) in [5.74, 6) is -1.37. The summed E-state index contributed by atoms with van der Waals surface area (Å²) >= 11 is 1.42. The summed E-state index contributed by atoms with van der Waals surface area (Å²) in [4.78, 5) is 29.6. The molecule has 1 aromatic heterocycles. The van der Waals surface area contributed by atoms with Crippen LogP contribution in [-0.4, -0.2) is 35.4 Å². The zero-order chi connectivity index (χ0) is 17.8. The van der Waals surface area contributed by atoms with Crippen LogP contribution < -0.4 is 0 Å². The number of amides is 1. The Kier molecular flexibility index (Phi) is 5.04. The third-order valence-electron chi connectivity index (χ3n) is 3.68. The Morgan fingerprint density at radius 2 is 2.04 bits per heavy atom. The van der Waals surface area contributed by atoms with Gasteiger partial charge >= 0.3 is 5.97 Å². The molecule has 0 radical (unpaired) electrons. The van der Waals surface area contributed by atoms with Crippen LogP contribution in [0.3, 0.4) is 0 Å². The Labute approximate surface area is 147 Å². The number of hydrogen-bond donors (Lipinski definition) is 0. The van der Waals surface area contributed by atoms with Crippen LogP contribution >= 0.6 is 11.3 Å². The van der Waals surface area contributed by atoms with E-state index in [1.807, 2.05) is 0 Å². The Hall–Kier alpha value is -2.80. The number of halogens is 1. The van der Waals surface area contributed by atoms with Gasteiger partial charge in [-0.25, -0.2) is 14.2 Å². The molecule has 3 aromatic rings. The molecular formula is C18H15FN2O3S. The lowest BCUT2D eigenvalue weighted by molar-refractivity contribution is -0.133. The van der Waals surface area contributed by atoms with Gasteiger partial charge in [0.15, 0.2) is 6.61 Å². The predicted molar refractivity (Wildman–Crippen MR) is 92.8 cm³/mol. The molecule has 0 saturated carbocycles. The molecule has 25 heavy (non-hydrogen) atoms. The monoisotopic (exact) mass is 358 g/mol. The summed E-state index contributed by atoms with van der Waals surface area (Å²) in [5, 5.41) is 0. The Balaban J connectivity index is 1.57. The molecule has 7 heteroatoms. The summed E-state index contributed by atoms with van der Waals surface area (Å²) in [5.41, 5.74) is 3.27. The maximum absolute atomic E-state index is 13.6. The minimum atomic E-state index is -0.581. The van der Waals surface area contributed by atoms with Gasteiger partial charge in [0.2, 0.25) is 0 Å². The first-order valence-electron chi connectivity index (χ1n) is 7.52. The number of benzene rings is 2. The highest BCUT2D eigenvalue weighted by Gasteiger charge is 2.15. The smallest absolute Gasteiger partial charge is 0.338 e. The molecule has 0 spiro atoms. The van der Waals surface area contributed by atoms with Crippen LogP contribution in [0.4, 0.5) is 4.39 Å². The maximum Gasteiger partial charge on any atom is 0.338 e. The number of esters is 1. The fourth-order valence-corrected chi connectivity index (χ4v) is 2.99. The van der Waals surface area contributed by atoms with E-state index in [1.54, 1.807) is 41.9 Å². The van der Waals surface area contributed by atoms with Gasteiger partial charge in [0.25, 0.3) is 5.91 Å². The minimum Gasteiger partial charge on any atom is -0.452 e. The van der Waals surface area contributed by atoms with Gasteiger partial charge in [-0.15, -0.1) is 11.3 Å². The van der Waals surface area contributed by atoms with E-state index < -0.39 is 18.5 Å². The van der Waals surface area contributed by atoms with E-state index in [9.17, 15) is 14.0 Å². The fourth-order valence-electron chi connectivity index (χ4n) is 2.27.